The van der Waals surface area contributed by atoms with Crippen LogP contribution < -0.4 is 14.8 Å². The summed E-state index contributed by atoms with van der Waals surface area (Å²) >= 11 is 10.8. The molecule has 1 heterocycles. The Bertz CT molecular complexity index is 929. The summed E-state index contributed by atoms with van der Waals surface area (Å²) in [6, 6.07) is 8.73. The van der Waals surface area contributed by atoms with E-state index in [9.17, 15) is 4.79 Å². The molecule has 1 aromatic heterocycles. The Hall–Kier alpha value is -1.83. The SMILES string of the molecule is COc1cc2sc(NC(=O)c3cc(Br)ccc3OC)nc2cc1Cl. The number of anilines is 1. The Balaban J connectivity index is 1.92. The van der Waals surface area contributed by atoms with Crippen molar-refractivity contribution in [3.05, 3.63) is 45.4 Å². The molecule has 1 amide bonds. The van der Waals surface area contributed by atoms with Crippen molar-refractivity contribution in [3.63, 3.8) is 0 Å². The average molecular weight is 428 g/mol. The molecular formula is C16H12BrClN2O3S. The molecule has 24 heavy (non-hydrogen) atoms. The third kappa shape index (κ3) is 3.33. The maximum atomic E-state index is 12.5. The van der Waals surface area contributed by atoms with E-state index < -0.39 is 0 Å². The summed E-state index contributed by atoms with van der Waals surface area (Å²) in [5, 5.41) is 3.74. The van der Waals surface area contributed by atoms with E-state index in [1.54, 1.807) is 31.4 Å². The van der Waals surface area contributed by atoms with Gasteiger partial charge in [0.15, 0.2) is 5.13 Å². The summed E-state index contributed by atoms with van der Waals surface area (Å²) in [5.41, 5.74) is 1.11. The quantitative estimate of drug-likeness (QED) is 0.638. The zero-order valence-electron chi connectivity index (χ0n) is 12.7. The number of halogens is 2. The molecule has 5 nitrogen and oxygen atoms in total. The number of hydrogen-bond acceptors (Lipinski definition) is 5. The van der Waals surface area contributed by atoms with Gasteiger partial charge < -0.3 is 9.47 Å². The lowest BCUT2D eigenvalue weighted by atomic mass is 10.2. The van der Waals surface area contributed by atoms with Gasteiger partial charge in [0, 0.05) is 10.5 Å². The summed E-state index contributed by atoms with van der Waals surface area (Å²) in [6.07, 6.45) is 0. The van der Waals surface area contributed by atoms with Crippen LogP contribution in [0.4, 0.5) is 5.13 Å². The molecule has 2 aromatic carbocycles. The van der Waals surface area contributed by atoms with Gasteiger partial charge in [-0.15, -0.1) is 0 Å². The van der Waals surface area contributed by atoms with Gasteiger partial charge in [-0.2, -0.15) is 0 Å². The predicted octanol–water partition coefficient (Wildman–Crippen LogP) is 4.98. The Labute approximate surface area is 155 Å². The van der Waals surface area contributed by atoms with Crippen molar-refractivity contribution < 1.29 is 14.3 Å². The first-order valence-corrected chi connectivity index (χ1v) is 8.79. The maximum Gasteiger partial charge on any atom is 0.261 e. The predicted molar refractivity (Wildman–Crippen MR) is 99.8 cm³/mol. The first-order valence-electron chi connectivity index (χ1n) is 6.81. The van der Waals surface area contributed by atoms with Crippen molar-refractivity contribution in [2.45, 2.75) is 0 Å². The summed E-state index contributed by atoms with van der Waals surface area (Å²) in [6.45, 7) is 0. The van der Waals surface area contributed by atoms with Gasteiger partial charge in [0.25, 0.3) is 5.91 Å². The van der Waals surface area contributed by atoms with Crippen molar-refractivity contribution in [2.75, 3.05) is 19.5 Å². The van der Waals surface area contributed by atoms with Gasteiger partial charge in [0.05, 0.1) is 35.0 Å². The molecule has 124 valence electrons. The van der Waals surface area contributed by atoms with Crippen LogP contribution in [-0.4, -0.2) is 25.1 Å². The number of fused-ring (bicyclic) bond motifs is 1. The van der Waals surface area contributed by atoms with Crippen molar-refractivity contribution in [3.8, 4) is 11.5 Å². The second-order valence-electron chi connectivity index (χ2n) is 4.77. The van der Waals surface area contributed by atoms with Gasteiger partial charge in [-0.25, -0.2) is 4.98 Å². The molecule has 0 spiro atoms. The van der Waals surface area contributed by atoms with E-state index in [4.69, 9.17) is 21.1 Å². The van der Waals surface area contributed by atoms with Crippen LogP contribution in [0.5, 0.6) is 11.5 Å². The Kier molecular flexibility index (Phi) is 4.93. The number of rotatable bonds is 4. The lowest BCUT2D eigenvalue weighted by Crippen LogP contribution is -2.13. The second-order valence-corrected chi connectivity index (χ2v) is 7.13. The first kappa shape index (κ1) is 17.0. The fraction of sp³-hybridized carbons (Fsp3) is 0.125. The van der Waals surface area contributed by atoms with Crippen molar-refractivity contribution >= 4 is 60.1 Å². The lowest BCUT2D eigenvalue weighted by molar-refractivity contribution is 0.102. The van der Waals surface area contributed by atoms with Crippen molar-refractivity contribution in [2.24, 2.45) is 0 Å². The van der Waals surface area contributed by atoms with Gasteiger partial charge in [0.1, 0.15) is 11.5 Å². The van der Waals surface area contributed by atoms with Crippen LogP contribution in [-0.2, 0) is 0 Å². The number of hydrogen-bond donors (Lipinski definition) is 1. The van der Waals surface area contributed by atoms with Gasteiger partial charge in [-0.3, -0.25) is 10.1 Å². The van der Waals surface area contributed by atoms with Gasteiger partial charge in [-0.1, -0.05) is 38.9 Å². The third-order valence-electron chi connectivity index (χ3n) is 3.29. The molecule has 3 aromatic rings. The van der Waals surface area contributed by atoms with Crippen LogP contribution in [0, 0.1) is 0 Å². The summed E-state index contributed by atoms with van der Waals surface area (Å²) in [5.74, 6) is 0.756. The highest BCUT2D eigenvalue weighted by molar-refractivity contribution is 9.10. The number of amides is 1. The highest BCUT2D eigenvalue weighted by atomic mass is 79.9. The molecule has 8 heteroatoms. The molecule has 0 unspecified atom stereocenters. The summed E-state index contributed by atoms with van der Waals surface area (Å²) < 4.78 is 12.1. The number of benzene rings is 2. The van der Waals surface area contributed by atoms with Crippen LogP contribution in [0.15, 0.2) is 34.8 Å². The first-order chi connectivity index (χ1) is 11.5. The Morgan fingerprint density at radius 2 is 1.96 bits per heavy atom. The number of nitrogens with zero attached hydrogens (tertiary/aromatic N) is 1. The molecule has 0 fully saturated rings. The number of methoxy groups -OCH3 is 2. The fourth-order valence-corrected chi connectivity index (χ4v) is 3.63. The standard InChI is InChI=1S/C16H12BrClN2O3S/c1-22-12-4-3-8(17)5-9(12)15(21)20-16-19-11-6-10(18)13(23-2)7-14(11)24-16/h3-7H,1-2H3,(H,19,20,21). The number of carbonyl (C=O) groups is 1. The van der Waals surface area contributed by atoms with Crippen molar-refractivity contribution in [1.29, 1.82) is 0 Å². The smallest absolute Gasteiger partial charge is 0.261 e. The summed E-state index contributed by atoms with van der Waals surface area (Å²) in [4.78, 5) is 16.9. The molecule has 0 aliphatic carbocycles. The highest BCUT2D eigenvalue weighted by Gasteiger charge is 2.16. The molecular weight excluding hydrogens is 416 g/mol. The number of thiazole rings is 1. The number of nitrogens with one attached hydrogen (secondary N) is 1. The van der Waals surface area contributed by atoms with E-state index in [-0.39, 0.29) is 5.91 Å². The van der Waals surface area contributed by atoms with Gasteiger partial charge >= 0.3 is 0 Å². The van der Waals surface area contributed by atoms with E-state index in [0.29, 0.717) is 32.7 Å². The molecule has 0 saturated carbocycles. The molecule has 0 bridgehead atoms. The molecule has 0 aliphatic rings. The third-order valence-corrected chi connectivity index (χ3v) is 5.01. The van der Waals surface area contributed by atoms with Crippen LogP contribution >= 0.6 is 38.9 Å². The topological polar surface area (TPSA) is 60.5 Å². The van der Waals surface area contributed by atoms with E-state index in [1.807, 2.05) is 6.07 Å². The molecule has 0 atom stereocenters. The minimum absolute atomic E-state index is 0.301. The minimum Gasteiger partial charge on any atom is -0.496 e. The summed E-state index contributed by atoms with van der Waals surface area (Å²) in [7, 11) is 3.07. The highest BCUT2D eigenvalue weighted by Crippen LogP contribution is 2.35. The largest absolute Gasteiger partial charge is 0.496 e. The van der Waals surface area contributed by atoms with Crippen LogP contribution in [0.2, 0.25) is 5.02 Å². The Morgan fingerprint density at radius 1 is 1.21 bits per heavy atom. The van der Waals surface area contributed by atoms with E-state index in [1.165, 1.54) is 18.4 Å². The molecule has 0 radical (unpaired) electrons. The second kappa shape index (κ2) is 6.96. The van der Waals surface area contributed by atoms with E-state index in [0.717, 1.165) is 9.17 Å². The van der Waals surface area contributed by atoms with E-state index >= 15 is 0 Å². The van der Waals surface area contributed by atoms with Crippen molar-refractivity contribution in [1.82, 2.24) is 4.98 Å². The number of ether oxygens (including phenoxy) is 2. The maximum absolute atomic E-state index is 12.5. The van der Waals surface area contributed by atoms with Crippen LogP contribution in [0.1, 0.15) is 10.4 Å². The monoisotopic (exact) mass is 426 g/mol. The fourth-order valence-electron chi connectivity index (χ4n) is 2.16. The zero-order valence-corrected chi connectivity index (χ0v) is 15.9. The lowest BCUT2D eigenvalue weighted by Gasteiger charge is -2.08. The molecule has 0 aliphatic heterocycles. The zero-order chi connectivity index (χ0) is 17.3. The number of aromatic nitrogens is 1. The Morgan fingerprint density at radius 3 is 2.67 bits per heavy atom. The minimum atomic E-state index is -0.301. The molecule has 1 N–H and O–H groups in total. The normalized spacial score (nSPS) is 10.7. The van der Waals surface area contributed by atoms with E-state index in [2.05, 4.69) is 26.2 Å². The molecule has 0 saturated heterocycles. The average Bonchev–Trinajstić information content (AvgIpc) is 2.94. The number of carbonyl (C=O) groups excluding carboxylic acids is 1. The van der Waals surface area contributed by atoms with Crippen LogP contribution in [0.25, 0.3) is 10.2 Å². The van der Waals surface area contributed by atoms with Gasteiger partial charge in [0.2, 0.25) is 0 Å². The van der Waals surface area contributed by atoms with Crippen LogP contribution in [0.3, 0.4) is 0 Å². The molecule has 3 rings (SSSR count). The van der Waals surface area contributed by atoms with Gasteiger partial charge in [-0.05, 0) is 24.3 Å².